The lowest BCUT2D eigenvalue weighted by Crippen LogP contribution is -2.38. The molecule has 1 aliphatic rings. The lowest BCUT2D eigenvalue weighted by Gasteiger charge is -2.36. The Morgan fingerprint density at radius 2 is 2.15 bits per heavy atom. The molecule has 0 saturated carbocycles. The van der Waals surface area contributed by atoms with E-state index in [9.17, 15) is 4.79 Å². The van der Waals surface area contributed by atoms with Gasteiger partial charge in [0.1, 0.15) is 6.33 Å². The van der Waals surface area contributed by atoms with Gasteiger partial charge in [0.05, 0.1) is 11.7 Å². The second-order valence-corrected chi connectivity index (χ2v) is 6.55. The van der Waals surface area contributed by atoms with Crippen molar-refractivity contribution in [1.29, 1.82) is 0 Å². The van der Waals surface area contributed by atoms with Crippen LogP contribution >= 0.6 is 0 Å². The van der Waals surface area contributed by atoms with Gasteiger partial charge < -0.3 is 4.90 Å². The van der Waals surface area contributed by atoms with Crippen molar-refractivity contribution in [2.24, 2.45) is 0 Å². The van der Waals surface area contributed by atoms with E-state index in [-0.39, 0.29) is 11.9 Å². The summed E-state index contributed by atoms with van der Waals surface area (Å²) in [6, 6.07) is 9.72. The van der Waals surface area contributed by atoms with Gasteiger partial charge >= 0.3 is 0 Å². The van der Waals surface area contributed by atoms with Gasteiger partial charge in [-0.3, -0.25) is 9.78 Å². The molecule has 0 N–H and O–H groups in total. The van der Waals surface area contributed by atoms with Crippen LogP contribution in [0.25, 0.3) is 5.69 Å². The molecule has 1 aliphatic heterocycles. The third-order valence-corrected chi connectivity index (χ3v) is 4.88. The average Bonchev–Trinajstić information content (AvgIpc) is 3.23. The highest BCUT2D eigenvalue weighted by Crippen LogP contribution is 2.32. The number of carbonyl (C=O) groups is 1. The summed E-state index contributed by atoms with van der Waals surface area (Å²) in [6.07, 6.45) is 8.26. The molecule has 1 saturated heterocycles. The highest BCUT2D eigenvalue weighted by molar-refractivity contribution is 5.95. The number of amides is 1. The number of piperidine rings is 1. The molecule has 4 rings (SSSR count). The molecule has 3 heterocycles. The molecule has 3 aromatic rings. The Labute approximate surface area is 151 Å². The van der Waals surface area contributed by atoms with E-state index in [0.29, 0.717) is 5.56 Å². The van der Waals surface area contributed by atoms with Crippen LogP contribution in [0.4, 0.5) is 0 Å². The summed E-state index contributed by atoms with van der Waals surface area (Å²) in [5.41, 5.74) is 3.57. The van der Waals surface area contributed by atoms with E-state index in [1.165, 1.54) is 6.33 Å². The molecule has 1 unspecified atom stereocenters. The number of likely N-dealkylation sites (tertiary alicyclic amines) is 1. The van der Waals surface area contributed by atoms with Crippen molar-refractivity contribution >= 4 is 5.91 Å². The number of aryl methyl sites for hydroxylation is 1. The number of benzene rings is 1. The van der Waals surface area contributed by atoms with Gasteiger partial charge in [-0.1, -0.05) is 12.1 Å². The second-order valence-electron chi connectivity index (χ2n) is 6.55. The van der Waals surface area contributed by atoms with Crippen molar-refractivity contribution < 1.29 is 4.79 Å². The van der Waals surface area contributed by atoms with Crippen molar-refractivity contribution in [3.63, 3.8) is 0 Å². The summed E-state index contributed by atoms with van der Waals surface area (Å²) >= 11 is 0. The van der Waals surface area contributed by atoms with Crippen molar-refractivity contribution in [2.45, 2.75) is 32.2 Å². The zero-order valence-corrected chi connectivity index (χ0v) is 14.6. The monoisotopic (exact) mass is 348 g/mol. The summed E-state index contributed by atoms with van der Waals surface area (Å²) in [6.45, 7) is 2.73. The van der Waals surface area contributed by atoms with Crippen LogP contribution in [-0.2, 0) is 0 Å². The first-order chi connectivity index (χ1) is 12.7. The summed E-state index contributed by atoms with van der Waals surface area (Å²) in [7, 11) is 0. The second kappa shape index (κ2) is 7.03. The molecular formula is C19H20N6O. The first-order valence-corrected chi connectivity index (χ1v) is 8.79. The molecule has 1 fully saturated rings. The van der Waals surface area contributed by atoms with Crippen LogP contribution in [-0.4, -0.2) is 42.5 Å². The van der Waals surface area contributed by atoms with Crippen LogP contribution in [0, 0.1) is 6.92 Å². The Morgan fingerprint density at radius 1 is 1.23 bits per heavy atom. The number of hydrogen-bond donors (Lipinski definition) is 0. The molecule has 0 spiro atoms. The minimum Gasteiger partial charge on any atom is -0.332 e. The lowest BCUT2D eigenvalue weighted by molar-refractivity contribution is 0.0611. The van der Waals surface area contributed by atoms with Gasteiger partial charge in [-0.15, -0.1) is 5.10 Å². The standard InChI is InChI=1S/C19H20N6O/c1-14-7-8-15(11-18(14)25-13-21-22-23-25)19(26)24-10-3-2-6-17(24)16-5-4-9-20-12-16/h4-5,7-9,11-13,17H,2-3,6,10H2,1H3. The Bertz CT molecular complexity index is 894. The number of rotatable bonds is 3. The number of tetrazole rings is 1. The molecule has 26 heavy (non-hydrogen) atoms. The molecule has 1 aromatic carbocycles. The Morgan fingerprint density at radius 3 is 2.92 bits per heavy atom. The molecule has 7 heteroatoms. The molecular weight excluding hydrogens is 328 g/mol. The summed E-state index contributed by atoms with van der Waals surface area (Å²) in [5, 5.41) is 11.3. The quantitative estimate of drug-likeness (QED) is 0.727. The molecule has 0 radical (unpaired) electrons. The zero-order chi connectivity index (χ0) is 17.9. The van der Waals surface area contributed by atoms with Crippen LogP contribution in [0.3, 0.4) is 0 Å². The van der Waals surface area contributed by atoms with Gasteiger partial charge in [-0.25, -0.2) is 4.68 Å². The molecule has 1 atom stereocenters. The smallest absolute Gasteiger partial charge is 0.254 e. The fourth-order valence-electron chi connectivity index (χ4n) is 3.52. The first-order valence-electron chi connectivity index (χ1n) is 8.79. The first kappa shape index (κ1) is 16.4. The maximum absolute atomic E-state index is 13.3. The number of nitrogens with zero attached hydrogens (tertiary/aromatic N) is 6. The third kappa shape index (κ3) is 3.08. The van der Waals surface area contributed by atoms with Crippen LogP contribution in [0.15, 0.2) is 49.1 Å². The highest BCUT2D eigenvalue weighted by Gasteiger charge is 2.29. The SMILES string of the molecule is Cc1ccc(C(=O)N2CCCCC2c2cccnc2)cc1-n1cnnn1. The predicted molar refractivity (Wildman–Crippen MR) is 95.8 cm³/mol. The molecule has 0 bridgehead atoms. The van der Waals surface area contributed by atoms with Gasteiger partial charge in [0, 0.05) is 24.5 Å². The minimum atomic E-state index is 0.0351. The van der Waals surface area contributed by atoms with Crippen molar-refractivity contribution in [2.75, 3.05) is 6.54 Å². The molecule has 2 aromatic heterocycles. The van der Waals surface area contributed by atoms with Gasteiger partial charge in [0.15, 0.2) is 0 Å². The topological polar surface area (TPSA) is 76.8 Å². The normalized spacial score (nSPS) is 17.3. The molecule has 1 amide bonds. The summed E-state index contributed by atoms with van der Waals surface area (Å²) in [4.78, 5) is 19.5. The Kier molecular flexibility index (Phi) is 4.43. The van der Waals surface area contributed by atoms with Crippen LogP contribution in [0.1, 0.15) is 46.8 Å². The molecule has 132 valence electrons. The van der Waals surface area contributed by atoms with Crippen LogP contribution < -0.4 is 0 Å². The zero-order valence-electron chi connectivity index (χ0n) is 14.6. The maximum Gasteiger partial charge on any atom is 0.254 e. The Balaban J connectivity index is 1.67. The van der Waals surface area contributed by atoms with E-state index in [4.69, 9.17) is 0 Å². The molecule has 7 nitrogen and oxygen atoms in total. The van der Waals surface area contributed by atoms with E-state index in [1.807, 2.05) is 48.4 Å². The van der Waals surface area contributed by atoms with E-state index < -0.39 is 0 Å². The van der Waals surface area contributed by atoms with Gasteiger partial charge in [0.2, 0.25) is 0 Å². The maximum atomic E-state index is 13.3. The van der Waals surface area contributed by atoms with Crippen molar-refractivity contribution in [3.05, 3.63) is 65.7 Å². The number of pyridine rings is 1. The largest absolute Gasteiger partial charge is 0.332 e. The number of carbonyl (C=O) groups excluding carboxylic acids is 1. The van der Waals surface area contributed by atoms with Gasteiger partial charge in [-0.05, 0) is 65.9 Å². The highest BCUT2D eigenvalue weighted by atomic mass is 16.2. The number of hydrogen-bond acceptors (Lipinski definition) is 5. The van der Waals surface area contributed by atoms with Gasteiger partial charge in [0.25, 0.3) is 5.91 Å². The fraction of sp³-hybridized carbons (Fsp3) is 0.316. The average molecular weight is 348 g/mol. The van der Waals surface area contributed by atoms with Crippen molar-refractivity contribution in [3.8, 4) is 5.69 Å². The van der Waals surface area contributed by atoms with Gasteiger partial charge in [-0.2, -0.15) is 0 Å². The third-order valence-electron chi connectivity index (χ3n) is 4.88. The Hall–Kier alpha value is -3.09. The summed E-state index contributed by atoms with van der Waals surface area (Å²) in [5.74, 6) is 0.0351. The minimum absolute atomic E-state index is 0.0351. The lowest BCUT2D eigenvalue weighted by atomic mass is 9.95. The number of aromatic nitrogens is 5. The predicted octanol–water partition coefficient (Wildman–Crippen LogP) is 2.73. The van der Waals surface area contributed by atoms with E-state index >= 15 is 0 Å². The van der Waals surface area contributed by atoms with E-state index in [2.05, 4.69) is 20.5 Å². The van der Waals surface area contributed by atoms with Crippen molar-refractivity contribution in [1.82, 2.24) is 30.1 Å². The van der Waals surface area contributed by atoms with Crippen LogP contribution in [0.5, 0.6) is 0 Å². The molecule has 0 aliphatic carbocycles. The van der Waals surface area contributed by atoms with E-state index in [1.54, 1.807) is 10.9 Å². The van der Waals surface area contributed by atoms with E-state index in [0.717, 1.165) is 42.6 Å². The van der Waals surface area contributed by atoms with Crippen LogP contribution in [0.2, 0.25) is 0 Å². The fourth-order valence-corrected chi connectivity index (χ4v) is 3.52. The summed E-state index contributed by atoms with van der Waals surface area (Å²) < 4.78 is 1.58.